The molecule has 0 aliphatic carbocycles. The van der Waals surface area contributed by atoms with Crippen LogP contribution >= 0.6 is 11.3 Å². The average molecular weight is 404 g/mol. The number of rotatable bonds is 5. The van der Waals surface area contributed by atoms with Gasteiger partial charge < -0.3 is 9.73 Å². The molecule has 146 valence electrons. The molecule has 4 rings (SSSR count). The van der Waals surface area contributed by atoms with E-state index in [2.05, 4.69) is 15.4 Å². The molecule has 0 atom stereocenters. The van der Waals surface area contributed by atoms with Gasteiger partial charge >= 0.3 is 0 Å². The molecule has 7 heteroatoms. The summed E-state index contributed by atoms with van der Waals surface area (Å²) in [5, 5.41) is 10.5. The summed E-state index contributed by atoms with van der Waals surface area (Å²) in [4.78, 5) is 16.5. The van der Waals surface area contributed by atoms with Gasteiger partial charge in [-0.2, -0.15) is 5.10 Å². The first-order valence-corrected chi connectivity index (χ1v) is 10.1. The molecule has 0 spiro atoms. The van der Waals surface area contributed by atoms with Gasteiger partial charge in [0.1, 0.15) is 11.3 Å². The number of amides is 1. The summed E-state index contributed by atoms with van der Waals surface area (Å²) in [6.07, 6.45) is 1.77. The number of furan rings is 1. The molecule has 0 unspecified atom stereocenters. The zero-order valence-electron chi connectivity index (χ0n) is 16.1. The van der Waals surface area contributed by atoms with Gasteiger partial charge in [0.2, 0.25) is 10.7 Å². The maximum atomic E-state index is 11.2. The van der Waals surface area contributed by atoms with E-state index in [-0.39, 0.29) is 5.91 Å². The number of para-hydroxylation sites is 1. The Morgan fingerprint density at radius 2 is 2.00 bits per heavy atom. The third-order valence-corrected chi connectivity index (χ3v) is 5.06. The molecule has 0 aliphatic rings. The highest BCUT2D eigenvalue weighted by Gasteiger charge is 2.12. The van der Waals surface area contributed by atoms with Gasteiger partial charge in [0, 0.05) is 29.9 Å². The lowest BCUT2D eigenvalue weighted by molar-refractivity contribution is -0.114. The van der Waals surface area contributed by atoms with Gasteiger partial charge in [0.15, 0.2) is 5.76 Å². The monoisotopic (exact) mass is 404 g/mol. The Balaban J connectivity index is 1.70. The van der Waals surface area contributed by atoms with Crippen molar-refractivity contribution in [3.63, 3.8) is 0 Å². The quantitative estimate of drug-likeness (QED) is 0.489. The number of aromatic nitrogens is 1. The van der Waals surface area contributed by atoms with Crippen LogP contribution in [0.25, 0.3) is 22.4 Å². The highest BCUT2D eigenvalue weighted by Crippen LogP contribution is 2.28. The second-order valence-corrected chi connectivity index (χ2v) is 7.22. The Hall–Kier alpha value is -3.45. The SMILES string of the molecule is CCN=c1scc(-c2cc3ccccc3o2)n1/N=C/c1ccc(NC(C)=O)cc1. The fourth-order valence-corrected chi connectivity index (χ4v) is 3.80. The average Bonchev–Trinajstić information content (AvgIpc) is 3.31. The van der Waals surface area contributed by atoms with Crippen LogP contribution in [-0.2, 0) is 4.79 Å². The van der Waals surface area contributed by atoms with Gasteiger partial charge in [-0.15, -0.1) is 11.3 Å². The molecule has 0 radical (unpaired) electrons. The fourth-order valence-electron chi connectivity index (χ4n) is 2.91. The molecule has 0 saturated heterocycles. The van der Waals surface area contributed by atoms with Crippen LogP contribution in [0.15, 0.2) is 74.5 Å². The summed E-state index contributed by atoms with van der Waals surface area (Å²) in [7, 11) is 0. The number of thiazole rings is 1. The Kier molecular flexibility index (Phi) is 5.39. The van der Waals surface area contributed by atoms with Gasteiger partial charge in [-0.3, -0.25) is 9.79 Å². The number of anilines is 1. The smallest absolute Gasteiger partial charge is 0.221 e. The number of carbonyl (C=O) groups is 1. The molecule has 6 nitrogen and oxygen atoms in total. The lowest BCUT2D eigenvalue weighted by Gasteiger charge is -2.02. The third-order valence-electron chi connectivity index (χ3n) is 4.21. The van der Waals surface area contributed by atoms with Crippen molar-refractivity contribution in [1.29, 1.82) is 0 Å². The summed E-state index contributed by atoms with van der Waals surface area (Å²) in [6.45, 7) is 4.15. The van der Waals surface area contributed by atoms with Crippen LogP contribution < -0.4 is 10.1 Å². The summed E-state index contributed by atoms with van der Waals surface area (Å²) in [6, 6.07) is 17.4. The van der Waals surface area contributed by atoms with E-state index in [4.69, 9.17) is 4.42 Å². The Morgan fingerprint density at radius 3 is 2.72 bits per heavy atom. The van der Waals surface area contributed by atoms with E-state index < -0.39 is 0 Å². The van der Waals surface area contributed by atoms with Gasteiger partial charge in [0.05, 0.1) is 6.21 Å². The molecule has 0 aliphatic heterocycles. The first-order chi connectivity index (χ1) is 14.1. The van der Waals surface area contributed by atoms with Crippen molar-refractivity contribution in [1.82, 2.24) is 4.68 Å². The summed E-state index contributed by atoms with van der Waals surface area (Å²) >= 11 is 1.52. The van der Waals surface area contributed by atoms with Crippen LogP contribution in [0.4, 0.5) is 5.69 Å². The second kappa shape index (κ2) is 8.28. The zero-order chi connectivity index (χ0) is 20.2. The van der Waals surface area contributed by atoms with E-state index in [1.807, 2.05) is 66.9 Å². The van der Waals surface area contributed by atoms with E-state index in [1.54, 1.807) is 10.9 Å². The number of fused-ring (bicyclic) bond motifs is 1. The van der Waals surface area contributed by atoms with Gasteiger partial charge in [-0.25, -0.2) is 4.68 Å². The van der Waals surface area contributed by atoms with E-state index in [1.165, 1.54) is 18.3 Å². The molecule has 2 aromatic heterocycles. The molecular weight excluding hydrogens is 384 g/mol. The second-order valence-electron chi connectivity index (χ2n) is 6.39. The van der Waals surface area contributed by atoms with Crippen molar-refractivity contribution in [2.75, 3.05) is 11.9 Å². The van der Waals surface area contributed by atoms with Crippen LogP contribution in [0.5, 0.6) is 0 Å². The number of hydrogen-bond donors (Lipinski definition) is 1. The molecule has 2 aromatic carbocycles. The van der Waals surface area contributed by atoms with E-state index in [9.17, 15) is 4.79 Å². The van der Waals surface area contributed by atoms with Crippen LogP contribution in [0, 0.1) is 0 Å². The Labute approximate surface area is 171 Å². The van der Waals surface area contributed by atoms with E-state index in [0.717, 1.165) is 38.5 Å². The molecule has 1 amide bonds. The number of carbonyl (C=O) groups excluding carboxylic acids is 1. The summed E-state index contributed by atoms with van der Waals surface area (Å²) in [5.74, 6) is 0.653. The first kappa shape index (κ1) is 18.9. The molecule has 2 heterocycles. The minimum absolute atomic E-state index is 0.0958. The fraction of sp³-hybridized carbons (Fsp3) is 0.136. The van der Waals surface area contributed by atoms with Crippen molar-refractivity contribution < 1.29 is 9.21 Å². The Morgan fingerprint density at radius 1 is 1.21 bits per heavy atom. The van der Waals surface area contributed by atoms with Crippen LogP contribution in [0.2, 0.25) is 0 Å². The molecule has 29 heavy (non-hydrogen) atoms. The number of hydrogen-bond acceptors (Lipinski definition) is 5. The van der Waals surface area contributed by atoms with Crippen molar-refractivity contribution in [3.05, 3.63) is 70.3 Å². The molecular formula is C22H20N4O2S. The third kappa shape index (κ3) is 4.20. The highest BCUT2D eigenvalue weighted by atomic mass is 32.1. The van der Waals surface area contributed by atoms with E-state index in [0.29, 0.717) is 6.54 Å². The minimum atomic E-state index is -0.0958. The predicted molar refractivity (Wildman–Crippen MR) is 117 cm³/mol. The van der Waals surface area contributed by atoms with Gasteiger partial charge in [-0.1, -0.05) is 30.3 Å². The summed E-state index contributed by atoms with van der Waals surface area (Å²) < 4.78 is 7.82. The lowest BCUT2D eigenvalue weighted by atomic mass is 10.2. The molecule has 4 aromatic rings. The van der Waals surface area contributed by atoms with Crippen molar-refractivity contribution in [2.24, 2.45) is 10.1 Å². The highest BCUT2D eigenvalue weighted by molar-refractivity contribution is 7.07. The normalized spacial score (nSPS) is 12.1. The zero-order valence-corrected chi connectivity index (χ0v) is 16.9. The van der Waals surface area contributed by atoms with Crippen LogP contribution in [0.1, 0.15) is 19.4 Å². The van der Waals surface area contributed by atoms with Crippen molar-refractivity contribution >= 4 is 40.1 Å². The van der Waals surface area contributed by atoms with Gasteiger partial charge in [-0.05, 0) is 36.8 Å². The molecule has 1 N–H and O–H groups in total. The summed E-state index contributed by atoms with van der Waals surface area (Å²) in [5.41, 5.74) is 3.36. The van der Waals surface area contributed by atoms with Crippen molar-refractivity contribution in [3.8, 4) is 11.5 Å². The lowest BCUT2D eigenvalue weighted by Crippen LogP contribution is -2.12. The van der Waals surface area contributed by atoms with Crippen molar-refractivity contribution in [2.45, 2.75) is 13.8 Å². The topological polar surface area (TPSA) is 71.9 Å². The minimum Gasteiger partial charge on any atom is -0.454 e. The maximum absolute atomic E-state index is 11.2. The largest absolute Gasteiger partial charge is 0.454 e. The first-order valence-electron chi connectivity index (χ1n) is 9.26. The van der Waals surface area contributed by atoms with Crippen LogP contribution in [0.3, 0.4) is 0 Å². The van der Waals surface area contributed by atoms with Crippen LogP contribution in [-0.4, -0.2) is 23.3 Å². The number of nitrogens with one attached hydrogen (secondary N) is 1. The van der Waals surface area contributed by atoms with E-state index >= 15 is 0 Å². The van der Waals surface area contributed by atoms with Gasteiger partial charge in [0.25, 0.3) is 0 Å². The molecule has 0 saturated carbocycles. The predicted octanol–water partition coefficient (Wildman–Crippen LogP) is 4.72. The Bertz CT molecular complexity index is 1210. The number of benzene rings is 2. The molecule has 0 fully saturated rings. The maximum Gasteiger partial charge on any atom is 0.221 e. The standard InChI is InChI=1S/C22H20N4O2S/c1-3-23-22-26(24-13-16-8-10-18(11-9-16)25-15(2)27)19(14-29-22)21-12-17-6-4-5-7-20(17)28-21/h4-14H,3H2,1-2H3,(H,25,27)/b23-22?,24-13+. The number of nitrogens with zero attached hydrogens (tertiary/aromatic N) is 3. The molecule has 0 bridgehead atoms.